The van der Waals surface area contributed by atoms with Crippen LogP contribution in [0, 0.1) is 0 Å². The van der Waals surface area contributed by atoms with Gasteiger partial charge >= 0.3 is 0 Å². The molecule has 5 rings (SSSR count). The fourth-order valence-electron chi connectivity index (χ4n) is 2.65. The minimum atomic E-state index is 0.612. The van der Waals surface area contributed by atoms with E-state index >= 15 is 0 Å². The monoisotopic (exact) mass is 345 g/mol. The highest BCUT2D eigenvalue weighted by Crippen LogP contribution is 2.28. The maximum atomic E-state index is 4.69. The molecule has 0 amide bonds. The van der Waals surface area contributed by atoms with Gasteiger partial charge in [0.05, 0.1) is 27.5 Å². The van der Waals surface area contributed by atoms with Crippen molar-refractivity contribution in [2.75, 3.05) is 5.32 Å². The Balaban J connectivity index is 1.65. The fourth-order valence-corrected chi connectivity index (χ4v) is 3.20. The SMILES string of the molecule is c1cnc2nc(-c3cncs3)nc(Nc3ccc4[nH]ncc4c3)c2c1. The van der Waals surface area contributed by atoms with Crippen LogP contribution in [0.2, 0.25) is 0 Å². The predicted molar refractivity (Wildman–Crippen MR) is 97.8 cm³/mol. The predicted octanol–water partition coefficient (Wildman–Crippen LogP) is 3.77. The smallest absolute Gasteiger partial charge is 0.175 e. The molecule has 0 aliphatic rings. The molecule has 0 aliphatic heterocycles. The molecule has 2 N–H and O–H groups in total. The number of aromatic amines is 1. The summed E-state index contributed by atoms with van der Waals surface area (Å²) in [5, 5.41) is 12.3. The van der Waals surface area contributed by atoms with E-state index in [0.717, 1.165) is 26.9 Å². The highest BCUT2D eigenvalue weighted by atomic mass is 32.1. The Bertz CT molecular complexity index is 1180. The van der Waals surface area contributed by atoms with E-state index in [-0.39, 0.29) is 0 Å². The van der Waals surface area contributed by atoms with Gasteiger partial charge < -0.3 is 5.32 Å². The molecule has 0 atom stereocenters. The minimum absolute atomic E-state index is 0.612. The van der Waals surface area contributed by atoms with E-state index in [1.54, 1.807) is 24.1 Å². The van der Waals surface area contributed by atoms with Crippen LogP contribution in [0.4, 0.5) is 11.5 Å². The maximum Gasteiger partial charge on any atom is 0.175 e. The maximum absolute atomic E-state index is 4.69. The Kier molecular flexibility index (Phi) is 3.14. The van der Waals surface area contributed by atoms with Crippen LogP contribution in [-0.2, 0) is 0 Å². The summed E-state index contributed by atoms with van der Waals surface area (Å²) < 4.78 is 0. The van der Waals surface area contributed by atoms with Crippen LogP contribution in [0.1, 0.15) is 0 Å². The van der Waals surface area contributed by atoms with Gasteiger partial charge in [-0.3, -0.25) is 10.1 Å². The molecular formula is C17H11N7S. The molecule has 120 valence electrons. The number of anilines is 2. The fraction of sp³-hybridized carbons (Fsp3) is 0. The number of hydrogen-bond acceptors (Lipinski definition) is 7. The molecule has 4 aromatic heterocycles. The third kappa shape index (κ3) is 2.48. The number of nitrogens with zero attached hydrogens (tertiary/aromatic N) is 5. The van der Waals surface area contributed by atoms with Crippen LogP contribution in [0.15, 0.2) is 54.4 Å². The van der Waals surface area contributed by atoms with Crippen LogP contribution < -0.4 is 5.32 Å². The van der Waals surface area contributed by atoms with Crippen molar-refractivity contribution >= 4 is 44.8 Å². The van der Waals surface area contributed by atoms with Crippen molar-refractivity contribution < 1.29 is 0 Å². The highest BCUT2D eigenvalue weighted by Gasteiger charge is 2.11. The van der Waals surface area contributed by atoms with Gasteiger partial charge in [0.25, 0.3) is 0 Å². The zero-order valence-corrected chi connectivity index (χ0v) is 13.7. The van der Waals surface area contributed by atoms with E-state index in [9.17, 15) is 0 Å². The zero-order valence-electron chi connectivity index (χ0n) is 12.8. The molecule has 0 unspecified atom stereocenters. The van der Waals surface area contributed by atoms with Gasteiger partial charge in [-0.05, 0) is 30.3 Å². The number of hydrogen-bond donors (Lipinski definition) is 2. The number of fused-ring (bicyclic) bond motifs is 2. The minimum Gasteiger partial charge on any atom is -0.340 e. The molecule has 0 fully saturated rings. The lowest BCUT2D eigenvalue weighted by atomic mass is 10.2. The third-order valence-electron chi connectivity index (χ3n) is 3.83. The van der Waals surface area contributed by atoms with Gasteiger partial charge in [0.15, 0.2) is 11.5 Å². The summed E-state index contributed by atoms with van der Waals surface area (Å²) in [6, 6.07) is 9.82. The van der Waals surface area contributed by atoms with Crippen LogP contribution in [0.3, 0.4) is 0 Å². The lowest BCUT2D eigenvalue weighted by molar-refractivity contribution is 1.12. The van der Waals surface area contributed by atoms with Crippen molar-refractivity contribution in [2.24, 2.45) is 0 Å². The Morgan fingerprint density at radius 2 is 2.08 bits per heavy atom. The Morgan fingerprint density at radius 1 is 1.08 bits per heavy atom. The second kappa shape index (κ2) is 5.60. The first-order valence-corrected chi connectivity index (χ1v) is 8.46. The van der Waals surface area contributed by atoms with E-state index in [2.05, 4.69) is 30.5 Å². The van der Waals surface area contributed by atoms with Gasteiger partial charge in [-0.2, -0.15) is 5.10 Å². The van der Waals surface area contributed by atoms with Gasteiger partial charge in [0.1, 0.15) is 5.82 Å². The number of benzene rings is 1. The summed E-state index contributed by atoms with van der Waals surface area (Å²) in [5.41, 5.74) is 4.33. The Hall–Kier alpha value is -3.39. The van der Waals surface area contributed by atoms with Crippen molar-refractivity contribution in [3.8, 4) is 10.7 Å². The normalized spacial score (nSPS) is 11.2. The third-order valence-corrected chi connectivity index (χ3v) is 4.60. The summed E-state index contributed by atoms with van der Waals surface area (Å²) in [4.78, 5) is 18.6. The molecule has 25 heavy (non-hydrogen) atoms. The van der Waals surface area contributed by atoms with Crippen molar-refractivity contribution in [2.45, 2.75) is 0 Å². The molecule has 1 aromatic carbocycles. The molecule has 0 saturated heterocycles. The summed E-state index contributed by atoms with van der Waals surface area (Å²) in [7, 11) is 0. The van der Waals surface area contributed by atoms with Crippen molar-refractivity contribution in [3.63, 3.8) is 0 Å². The number of pyridine rings is 1. The number of nitrogens with one attached hydrogen (secondary N) is 2. The van der Waals surface area contributed by atoms with E-state index in [1.807, 2.05) is 30.3 Å². The molecule has 0 radical (unpaired) electrons. The van der Waals surface area contributed by atoms with Gasteiger partial charge in [0.2, 0.25) is 0 Å². The summed E-state index contributed by atoms with van der Waals surface area (Å²) in [6.07, 6.45) is 5.28. The van der Waals surface area contributed by atoms with Gasteiger partial charge in [0, 0.05) is 23.5 Å². The second-order valence-electron chi connectivity index (χ2n) is 5.43. The molecule has 7 nitrogen and oxygen atoms in total. The van der Waals surface area contributed by atoms with Crippen molar-refractivity contribution in [1.29, 1.82) is 0 Å². The molecule has 4 heterocycles. The van der Waals surface area contributed by atoms with E-state index in [0.29, 0.717) is 17.3 Å². The molecule has 0 spiro atoms. The Labute approximate surface area is 145 Å². The number of H-pyrrole nitrogens is 1. The average Bonchev–Trinajstić information content (AvgIpc) is 3.33. The van der Waals surface area contributed by atoms with E-state index in [4.69, 9.17) is 4.98 Å². The number of thiazole rings is 1. The molecular weight excluding hydrogens is 334 g/mol. The van der Waals surface area contributed by atoms with Gasteiger partial charge in [-0.25, -0.2) is 15.0 Å². The largest absolute Gasteiger partial charge is 0.340 e. The van der Waals surface area contributed by atoms with Crippen molar-refractivity contribution in [3.05, 3.63) is 54.4 Å². The van der Waals surface area contributed by atoms with Crippen molar-refractivity contribution in [1.82, 2.24) is 30.1 Å². The summed E-state index contributed by atoms with van der Waals surface area (Å²) >= 11 is 1.50. The number of rotatable bonds is 3. The van der Waals surface area contributed by atoms with Crippen LogP contribution in [0.5, 0.6) is 0 Å². The molecule has 0 saturated carbocycles. The molecule has 5 aromatic rings. The van der Waals surface area contributed by atoms with Crippen LogP contribution in [-0.4, -0.2) is 30.1 Å². The van der Waals surface area contributed by atoms with Crippen LogP contribution in [0.25, 0.3) is 32.6 Å². The zero-order chi connectivity index (χ0) is 16.6. The average molecular weight is 345 g/mol. The van der Waals surface area contributed by atoms with Gasteiger partial charge in [-0.1, -0.05) is 0 Å². The highest BCUT2D eigenvalue weighted by molar-refractivity contribution is 7.13. The summed E-state index contributed by atoms with van der Waals surface area (Å²) in [5.74, 6) is 1.32. The quantitative estimate of drug-likeness (QED) is 0.517. The topological polar surface area (TPSA) is 92.3 Å². The van der Waals surface area contributed by atoms with Gasteiger partial charge in [-0.15, -0.1) is 11.3 Å². The lowest BCUT2D eigenvalue weighted by Gasteiger charge is -2.10. The second-order valence-corrected chi connectivity index (χ2v) is 6.32. The van der Waals surface area contributed by atoms with E-state index < -0.39 is 0 Å². The first-order chi connectivity index (χ1) is 12.4. The first-order valence-electron chi connectivity index (χ1n) is 7.58. The first kappa shape index (κ1) is 14.0. The Morgan fingerprint density at radius 3 is 3.00 bits per heavy atom. The molecule has 8 heteroatoms. The lowest BCUT2D eigenvalue weighted by Crippen LogP contribution is -1.99. The standard InChI is InChI=1S/C17H11N7S/c1-2-12-15(19-5-1)22-17(14-8-18-9-25-14)23-16(12)21-11-3-4-13-10(6-11)7-20-24-13/h1-9H,(H,20,24)(H,19,21,22,23). The van der Waals surface area contributed by atoms with E-state index in [1.165, 1.54) is 11.3 Å². The number of aromatic nitrogens is 6. The summed E-state index contributed by atoms with van der Waals surface area (Å²) in [6.45, 7) is 0. The molecule has 0 bridgehead atoms. The van der Waals surface area contributed by atoms with Crippen LogP contribution >= 0.6 is 11.3 Å². The molecule has 0 aliphatic carbocycles.